The van der Waals surface area contributed by atoms with E-state index in [1.165, 1.54) is 0 Å². The Morgan fingerprint density at radius 1 is 1.29 bits per heavy atom. The van der Waals surface area contributed by atoms with Crippen molar-refractivity contribution in [3.8, 4) is 0 Å². The van der Waals surface area contributed by atoms with Crippen LogP contribution in [0.15, 0.2) is 39.8 Å². The van der Waals surface area contributed by atoms with Crippen LogP contribution in [0.4, 0.5) is 0 Å². The molecule has 0 amide bonds. The minimum absolute atomic E-state index is 0.0677. The summed E-state index contributed by atoms with van der Waals surface area (Å²) in [6.07, 6.45) is 1.80. The summed E-state index contributed by atoms with van der Waals surface area (Å²) in [6.45, 7) is 0. The highest BCUT2D eigenvalue weighted by molar-refractivity contribution is 9.10. The maximum atomic E-state index is 6.06. The van der Waals surface area contributed by atoms with Crippen molar-refractivity contribution in [3.63, 3.8) is 0 Å². The molecule has 0 saturated heterocycles. The molecule has 72 valence electrons. The van der Waals surface area contributed by atoms with Crippen LogP contribution in [-0.4, -0.2) is 4.98 Å². The molecule has 0 aliphatic carbocycles. The number of nitrogens with two attached hydrogens (primary N) is 1. The van der Waals surface area contributed by atoms with Crippen molar-refractivity contribution in [1.82, 2.24) is 4.98 Å². The van der Waals surface area contributed by atoms with Crippen LogP contribution < -0.4 is 5.73 Å². The Hall–Kier alpha value is -0.710. The van der Waals surface area contributed by atoms with Crippen LogP contribution in [0.3, 0.4) is 0 Å². The standard InChI is InChI=1S/C10H9BrN2S/c11-9-2-1-7(5-13-9)10(12)8-3-4-14-6-8/h1-6,10H,12H2/t10-/m0/s1. The number of nitrogens with zero attached hydrogens (tertiary/aromatic N) is 1. The molecule has 0 aliphatic heterocycles. The summed E-state index contributed by atoms with van der Waals surface area (Å²) < 4.78 is 0.832. The third kappa shape index (κ3) is 2.03. The highest BCUT2D eigenvalue weighted by Gasteiger charge is 2.08. The molecule has 4 heteroatoms. The van der Waals surface area contributed by atoms with Crippen LogP contribution >= 0.6 is 27.3 Å². The monoisotopic (exact) mass is 268 g/mol. The molecule has 2 N–H and O–H groups in total. The van der Waals surface area contributed by atoms with E-state index in [1.54, 1.807) is 17.5 Å². The maximum absolute atomic E-state index is 6.06. The van der Waals surface area contributed by atoms with Gasteiger partial charge in [0.05, 0.1) is 6.04 Å². The molecule has 2 nitrogen and oxygen atoms in total. The summed E-state index contributed by atoms with van der Waals surface area (Å²) >= 11 is 4.95. The number of pyridine rings is 1. The molecule has 1 atom stereocenters. The van der Waals surface area contributed by atoms with E-state index in [-0.39, 0.29) is 6.04 Å². The lowest BCUT2D eigenvalue weighted by atomic mass is 10.1. The van der Waals surface area contributed by atoms with Gasteiger partial charge in [-0.25, -0.2) is 4.98 Å². The van der Waals surface area contributed by atoms with Gasteiger partial charge in [-0.1, -0.05) is 6.07 Å². The fraction of sp³-hybridized carbons (Fsp3) is 0.100. The third-order valence-electron chi connectivity index (χ3n) is 2.01. The first-order chi connectivity index (χ1) is 6.77. The minimum Gasteiger partial charge on any atom is -0.320 e. The highest BCUT2D eigenvalue weighted by Crippen LogP contribution is 2.21. The molecule has 0 aromatic carbocycles. The Balaban J connectivity index is 2.28. The summed E-state index contributed by atoms with van der Waals surface area (Å²) in [5.74, 6) is 0. The van der Waals surface area contributed by atoms with Crippen LogP contribution in [-0.2, 0) is 0 Å². The molecule has 0 saturated carbocycles. The molecule has 2 aromatic rings. The number of hydrogen-bond donors (Lipinski definition) is 1. The van der Waals surface area contributed by atoms with E-state index < -0.39 is 0 Å². The molecule has 0 fully saturated rings. The van der Waals surface area contributed by atoms with Gasteiger partial charge in [-0.15, -0.1) is 0 Å². The predicted molar refractivity (Wildman–Crippen MR) is 62.3 cm³/mol. The second-order valence-corrected chi connectivity index (χ2v) is 4.54. The topological polar surface area (TPSA) is 38.9 Å². The van der Waals surface area contributed by atoms with Gasteiger partial charge in [0.15, 0.2) is 0 Å². The van der Waals surface area contributed by atoms with Gasteiger partial charge in [-0.2, -0.15) is 11.3 Å². The first-order valence-electron chi connectivity index (χ1n) is 4.16. The summed E-state index contributed by atoms with van der Waals surface area (Å²) in [4.78, 5) is 4.15. The zero-order chi connectivity index (χ0) is 9.97. The molecule has 2 heterocycles. The van der Waals surface area contributed by atoms with Gasteiger partial charge in [-0.05, 0) is 49.9 Å². The molecule has 0 radical (unpaired) electrons. The van der Waals surface area contributed by atoms with E-state index in [1.807, 2.05) is 23.6 Å². The highest BCUT2D eigenvalue weighted by atomic mass is 79.9. The normalized spacial score (nSPS) is 12.7. The van der Waals surface area contributed by atoms with E-state index >= 15 is 0 Å². The third-order valence-corrected chi connectivity index (χ3v) is 3.18. The summed E-state index contributed by atoms with van der Waals surface area (Å²) in [5, 5.41) is 4.09. The average Bonchev–Trinajstić information content (AvgIpc) is 2.71. The molecule has 2 rings (SSSR count). The minimum atomic E-state index is -0.0677. The van der Waals surface area contributed by atoms with Crippen molar-refractivity contribution in [2.45, 2.75) is 6.04 Å². The van der Waals surface area contributed by atoms with Crippen LogP contribution in [0, 0.1) is 0 Å². The zero-order valence-electron chi connectivity index (χ0n) is 7.35. The number of thiophene rings is 1. The lowest BCUT2D eigenvalue weighted by Gasteiger charge is -2.09. The fourth-order valence-corrected chi connectivity index (χ4v) is 2.15. The van der Waals surface area contributed by atoms with Crippen molar-refractivity contribution in [1.29, 1.82) is 0 Å². The molecule has 2 aromatic heterocycles. The van der Waals surface area contributed by atoms with Crippen molar-refractivity contribution in [2.75, 3.05) is 0 Å². The molecule has 0 aliphatic rings. The van der Waals surface area contributed by atoms with Gasteiger partial charge in [0, 0.05) is 6.20 Å². The zero-order valence-corrected chi connectivity index (χ0v) is 9.75. The van der Waals surface area contributed by atoms with Gasteiger partial charge in [-0.3, -0.25) is 0 Å². The number of aromatic nitrogens is 1. The number of rotatable bonds is 2. The van der Waals surface area contributed by atoms with E-state index in [0.717, 1.165) is 15.7 Å². The molecule has 14 heavy (non-hydrogen) atoms. The first kappa shape index (κ1) is 9.83. The van der Waals surface area contributed by atoms with Gasteiger partial charge in [0.2, 0.25) is 0 Å². The largest absolute Gasteiger partial charge is 0.320 e. The lowest BCUT2D eigenvalue weighted by molar-refractivity contribution is 0.867. The summed E-state index contributed by atoms with van der Waals surface area (Å²) in [6, 6.07) is 5.86. The van der Waals surface area contributed by atoms with Crippen molar-refractivity contribution < 1.29 is 0 Å². The van der Waals surface area contributed by atoms with Crippen molar-refractivity contribution in [3.05, 3.63) is 50.9 Å². The van der Waals surface area contributed by atoms with Crippen molar-refractivity contribution in [2.24, 2.45) is 5.73 Å². The lowest BCUT2D eigenvalue weighted by Crippen LogP contribution is -2.10. The quantitative estimate of drug-likeness (QED) is 0.851. The predicted octanol–water partition coefficient (Wildman–Crippen LogP) is 2.95. The Labute approximate surface area is 94.9 Å². The van der Waals surface area contributed by atoms with Gasteiger partial charge >= 0.3 is 0 Å². The molecule has 0 spiro atoms. The summed E-state index contributed by atoms with van der Waals surface area (Å²) in [5.41, 5.74) is 8.23. The smallest absolute Gasteiger partial charge is 0.106 e. The van der Waals surface area contributed by atoms with E-state index in [2.05, 4.69) is 26.3 Å². The Bertz CT molecular complexity index is 397. The average molecular weight is 269 g/mol. The SMILES string of the molecule is N[C@@H](c1ccc(Br)nc1)c1ccsc1. The van der Waals surface area contributed by atoms with Gasteiger partial charge in [0.25, 0.3) is 0 Å². The second-order valence-electron chi connectivity index (χ2n) is 2.95. The summed E-state index contributed by atoms with van der Waals surface area (Å²) in [7, 11) is 0. The van der Waals surface area contributed by atoms with Crippen LogP contribution in [0.2, 0.25) is 0 Å². The Morgan fingerprint density at radius 2 is 2.14 bits per heavy atom. The van der Waals surface area contributed by atoms with E-state index in [0.29, 0.717) is 0 Å². The van der Waals surface area contributed by atoms with Gasteiger partial charge < -0.3 is 5.73 Å². The Morgan fingerprint density at radius 3 is 2.71 bits per heavy atom. The number of hydrogen-bond acceptors (Lipinski definition) is 3. The van der Waals surface area contributed by atoms with Crippen LogP contribution in [0.5, 0.6) is 0 Å². The Kier molecular flexibility index (Phi) is 2.96. The molecule has 0 bridgehead atoms. The van der Waals surface area contributed by atoms with E-state index in [9.17, 15) is 0 Å². The number of halogens is 1. The maximum Gasteiger partial charge on any atom is 0.106 e. The van der Waals surface area contributed by atoms with Gasteiger partial charge in [0.1, 0.15) is 4.60 Å². The van der Waals surface area contributed by atoms with E-state index in [4.69, 9.17) is 5.73 Å². The van der Waals surface area contributed by atoms with Crippen LogP contribution in [0.25, 0.3) is 0 Å². The molecular formula is C10H9BrN2S. The second kappa shape index (κ2) is 4.21. The molecular weight excluding hydrogens is 260 g/mol. The fourth-order valence-electron chi connectivity index (χ4n) is 1.22. The van der Waals surface area contributed by atoms with Crippen LogP contribution in [0.1, 0.15) is 17.2 Å². The first-order valence-corrected chi connectivity index (χ1v) is 5.90. The van der Waals surface area contributed by atoms with Crippen molar-refractivity contribution >= 4 is 27.3 Å². The molecule has 0 unspecified atom stereocenters.